The van der Waals surface area contributed by atoms with Gasteiger partial charge in [-0.3, -0.25) is 9.78 Å². The van der Waals surface area contributed by atoms with Crippen LogP contribution < -0.4 is 4.74 Å². The van der Waals surface area contributed by atoms with Crippen LogP contribution in [0.2, 0.25) is 0 Å². The van der Waals surface area contributed by atoms with Gasteiger partial charge in [-0.05, 0) is 67.7 Å². The molecule has 1 aromatic carbocycles. The van der Waals surface area contributed by atoms with E-state index in [9.17, 15) is 4.79 Å². The van der Waals surface area contributed by atoms with Crippen LogP contribution in [0.4, 0.5) is 0 Å². The molecule has 4 fully saturated rings. The topological polar surface area (TPSA) is 89.7 Å². The van der Waals surface area contributed by atoms with E-state index in [0.717, 1.165) is 73.8 Å². The highest BCUT2D eigenvalue weighted by Crippen LogP contribution is 2.74. The number of ether oxygens (including phenoxy) is 2. The molecule has 0 spiro atoms. The molecule has 3 saturated carbocycles. The number of carbonyl (C=O) groups is 1. The molecule has 3 aromatic heterocycles. The van der Waals surface area contributed by atoms with Crippen molar-refractivity contribution in [3.63, 3.8) is 0 Å². The summed E-state index contributed by atoms with van der Waals surface area (Å²) in [5, 5.41) is 11.2. The van der Waals surface area contributed by atoms with Crippen LogP contribution in [-0.2, 0) is 16.6 Å². The lowest BCUT2D eigenvalue weighted by molar-refractivity contribution is -0.238. The largest absolute Gasteiger partial charge is 0.471 e. The molecule has 40 heavy (non-hydrogen) atoms. The maximum atomic E-state index is 13.1. The maximum Gasteiger partial charge on any atom is 0.229 e. The summed E-state index contributed by atoms with van der Waals surface area (Å²) in [6.45, 7) is 3.03. The van der Waals surface area contributed by atoms with Crippen molar-refractivity contribution < 1.29 is 19.4 Å². The lowest BCUT2D eigenvalue weighted by Crippen LogP contribution is -2.72. The molecule has 1 amide bonds. The zero-order valence-corrected chi connectivity index (χ0v) is 23.0. The highest BCUT2D eigenvalue weighted by molar-refractivity contribution is 6.08. The SMILES string of the molecule is Cn1c2ccncc2c2ccc(-c3ccc(OC4CN(C(=O)C56CC(COCCCCCO)(C5)C6)C4)nc3)cc21. The molecular formula is C32H36N4O4. The number of aryl methyl sites for hydroxylation is 1. The summed E-state index contributed by atoms with van der Waals surface area (Å²) >= 11 is 0. The van der Waals surface area contributed by atoms with Gasteiger partial charge in [0.05, 0.1) is 30.6 Å². The van der Waals surface area contributed by atoms with E-state index in [0.29, 0.717) is 24.9 Å². The molecule has 8 rings (SSSR count). The monoisotopic (exact) mass is 540 g/mol. The van der Waals surface area contributed by atoms with Crippen molar-refractivity contribution in [1.29, 1.82) is 0 Å². The highest BCUT2D eigenvalue weighted by atomic mass is 16.5. The van der Waals surface area contributed by atoms with Gasteiger partial charge in [0.1, 0.15) is 6.10 Å². The Kier molecular flexibility index (Phi) is 6.28. The molecule has 1 saturated heterocycles. The van der Waals surface area contributed by atoms with Crippen LogP contribution in [0.15, 0.2) is 55.0 Å². The number of unbranched alkanes of at least 4 members (excludes halogenated alkanes) is 2. The molecule has 1 aliphatic heterocycles. The second-order valence-corrected chi connectivity index (χ2v) is 12.2. The predicted octanol–water partition coefficient (Wildman–Crippen LogP) is 4.73. The first-order valence-electron chi connectivity index (χ1n) is 14.4. The summed E-state index contributed by atoms with van der Waals surface area (Å²) in [5.74, 6) is 0.887. The van der Waals surface area contributed by atoms with Crippen molar-refractivity contribution in [3.8, 4) is 17.0 Å². The van der Waals surface area contributed by atoms with Gasteiger partial charge in [-0.15, -0.1) is 0 Å². The molecule has 1 N–H and O–H groups in total. The first kappa shape index (κ1) is 25.5. The second-order valence-electron chi connectivity index (χ2n) is 12.2. The quantitative estimate of drug-likeness (QED) is 0.277. The third kappa shape index (κ3) is 4.25. The lowest BCUT2D eigenvalue weighted by atomic mass is 9.35. The first-order chi connectivity index (χ1) is 19.5. The summed E-state index contributed by atoms with van der Waals surface area (Å²) in [7, 11) is 2.08. The van der Waals surface area contributed by atoms with Crippen LogP contribution in [0.5, 0.6) is 5.88 Å². The van der Waals surface area contributed by atoms with Crippen molar-refractivity contribution in [1.82, 2.24) is 19.4 Å². The zero-order chi connectivity index (χ0) is 27.3. The van der Waals surface area contributed by atoms with E-state index in [1.54, 1.807) is 0 Å². The number of aliphatic hydroxyl groups is 1. The van der Waals surface area contributed by atoms with Crippen LogP contribution in [0.1, 0.15) is 38.5 Å². The fourth-order valence-corrected chi connectivity index (χ4v) is 7.20. The summed E-state index contributed by atoms with van der Waals surface area (Å²) in [6.07, 6.45) is 11.3. The summed E-state index contributed by atoms with van der Waals surface area (Å²) < 4.78 is 14.2. The van der Waals surface area contributed by atoms with Crippen LogP contribution in [-0.4, -0.2) is 69.5 Å². The van der Waals surface area contributed by atoms with Crippen LogP contribution in [0.25, 0.3) is 32.9 Å². The molecule has 8 heteroatoms. The number of rotatable bonds is 11. The fourth-order valence-electron chi connectivity index (χ4n) is 7.20. The Balaban J connectivity index is 0.897. The Morgan fingerprint density at radius 2 is 1.82 bits per heavy atom. The molecule has 4 aliphatic rings. The van der Waals surface area contributed by atoms with Crippen molar-refractivity contribution in [2.75, 3.05) is 32.9 Å². The van der Waals surface area contributed by atoms with Crippen LogP contribution >= 0.6 is 0 Å². The standard InChI is InChI=1S/C32H36N4O4/c1-35-27-9-10-33-15-26(27)25-7-5-22(13-28(25)35)23-6-8-29(34-14-23)40-24-16-36(17-24)30(38)32-18-31(19-32,20-32)21-39-12-4-2-3-11-37/h5-10,13-15,24,37H,2-4,11-12,16-21H2,1H3. The number of hydrogen-bond acceptors (Lipinski definition) is 6. The summed E-state index contributed by atoms with van der Waals surface area (Å²) in [4.78, 5) is 23.9. The third-order valence-corrected chi connectivity index (χ3v) is 9.25. The maximum absolute atomic E-state index is 13.1. The van der Waals surface area contributed by atoms with Gasteiger partial charge in [0, 0.05) is 66.8 Å². The van der Waals surface area contributed by atoms with Gasteiger partial charge in [0.15, 0.2) is 0 Å². The second kappa shape index (κ2) is 9.85. The Bertz CT molecular complexity index is 1540. The molecule has 0 radical (unpaired) electrons. The highest BCUT2D eigenvalue weighted by Gasteiger charge is 2.72. The number of likely N-dealkylation sites (tertiary alicyclic amines) is 1. The first-order valence-corrected chi connectivity index (χ1v) is 14.4. The number of amides is 1. The lowest BCUT2D eigenvalue weighted by Gasteiger charge is -2.70. The molecule has 4 aromatic rings. The third-order valence-electron chi connectivity index (χ3n) is 9.25. The van der Waals surface area contributed by atoms with Crippen LogP contribution in [0, 0.1) is 10.8 Å². The predicted molar refractivity (Wildman–Crippen MR) is 153 cm³/mol. The molecule has 4 heterocycles. The number of pyridine rings is 2. The van der Waals surface area contributed by atoms with Gasteiger partial charge in [0.25, 0.3) is 0 Å². The van der Waals surface area contributed by atoms with E-state index in [-0.39, 0.29) is 23.5 Å². The van der Waals surface area contributed by atoms with Gasteiger partial charge in [-0.25, -0.2) is 4.98 Å². The number of benzene rings is 1. The molecule has 0 atom stereocenters. The zero-order valence-electron chi connectivity index (χ0n) is 23.0. The number of aliphatic hydroxyl groups excluding tert-OH is 1. The van der Waals surface area contributed by atoms with Gasteiger partial charge in [-0.2, -0.15) is 0 Å². The molecule has 8 nitrogen and oxygen atoms in total. The Hall–Kier alpha value is -3.49. The van der Waals surface area contributed by atoms with Gasteiger partial charge in [0.2, 0.25) is 11.8 Å². The van der Waals surface area contributed by atoms with Gasteiger partial charge in [-0.1, -0.05) is 12.1 Å². The number of nitrogens with zero attached hydrogens (tertiary/aromatic N) is 4. The Labute approximate surface area is 233 Å². The normalized spacial score (nSPS) is 23.6. The number of aromatic nitrogens is 3. The van der Waals surface area contributed by atoms with E-state index in [4.69, 9.17) is 14.6 Å². The van der Waals surface area contributed by atoms with E-state index >= 15 is 0 Å². The average Bonchev–Trinajstić information content (AvgIpc) is 3.20. The minimum absolute atomic E-state index is 0.00776. The molecule has 208 valence electrons. The minimum Gasteiger partial charge on any atom is -0.471 e. The Morgan fingerprint density at radius 3 is 2.60 bits per heavy atom. The molecule has 0 unspecified atom stereocenters. The van der Waals surface area contributed by atoms with Crippen molar-refractivity contribution >= 4 is 27.7 Å². The molecule has 3 aliphatic carbocycles. The summed E-state index contributed by atoms with van der Waals surface area (Å²) in [6, 6.07) is 12.5. The average molecular weight is 541 g/mol. The minimum atomic E-state index is -0.146. The smallest absolute Gasteiger partial charge is 0.229 e. The van der Waals surface area contributed by atoms with Crippen LogP contribution in [0.3, 0.4) is 0 Å². The molecular weight excluding hydrogens is 504 g/mol. The number of hydrogen-bond donors (Lipinski definition) is 1. The van der Waals surface area contributed by atoms with E-state index < -0.39 is 0 Å². The van der Waals surface area contributed by atoms with Crippen molar-refractivity contribution in [2.45, 2.75) is 44.6 Å². The number of carbonyl (C=O) groups excluding carboxylic acids is 1. The van der Waals surface area contributed by atoms with Crippen molar-refractivity contribution in [2.24, 2.45) is 17.9 Å². The van der Waals surface area contributed by atoms with Gasteiger partial charge >= 0.3 is 0 Å². The summed E-state index contributed by atoms with van der Waals surface area (Å²) in [5.41, 5.74) is 4.56. The fraction of sp³-hybridized carbons (Fsp3) is 0.469. The molecule has 2 bridgehead atoms. The number of fused-ring (bicyclic) bond motifs is 3. The van der Waals surface area contributed by atoms with Crippen molar-refractivity contribution in [3.05, 3.63) is 55.0 Å². The Morgan fingerprint density at radius 1 is 1.00 bits per heavy atom. The van der Waals surface area contributed by atoms with E-state index in [1.165, 1.54) is 10.9 Å². The van der Waals surface area contributed by atoms with Gasteiger partial charge < -0.3 is 24.0 Å². The van der Waals surface area contributed by atoms with E-state index in [1.807, 2.05) is 41.7 Å². The van der Waals surface area contributed by atoms with E-state index in [2.05, 4.69) is 39.8 Å².